The second-order valence-electron chi connectivity index (χ2n) is 7.50. The number of ether oxygens (including phenoxy) is 1. The number of hydrogen-bond acceptors (Lipinski definition) is 6. The van der Waals surface area contributed by atoms with E-state index in [1.165, 1.54) is 18.2 Å². The number of aromatic hydroxyl groups is 2. The summed E-state index contributed by atoms with van der Waals surface area (Å²) < 4.78 is 5.84. The number of rotatable bonds is 4. The Morgan fingerprint density at radius 3 is 2.40 bits per heavy atom. The van der Waals surface area contributed by atoms with E-state index < -0.39 is 16.5 Å². The Labute approximate surface area is 172 Å². The van der Waals surface area contributed by atoms with Crippen molar-refractivity contribution < 1.29 is 24.7 Å². The lowest BCUT2D eigenvalue weighted by molar-refractivity contribution is -0.385. The van der Waals surface area contributed by atoms with E-state index in [2.05, 4.69) is 0 Å². The van der Waals surface area contributed by atoms with Crippen LogP contribution in [-0.4, -0.2) is 21.1 Å². The largest absolute Gasteiger partial charge is 0.508 e. The fourth-order valence-electron chi connectivity index (χ4n) is 4.01. The number of phenols is 2. The summed E-state index contributed by atoms with van der Waals surface area (Å²) in [4.78, 5) is 24.0. The van der Waals surface area contributed by atoms with Gasteiger partial charge >= 0.3 is 5.97 Å². The van der Waals surface area contributed by atoms with E-state index >= 15 is 0 Å². The van der Waals surface area contributed by atoms with Gasteiger partial charge in [0.25, 0.3) is 5.69 Å². The Hall–Kier alpha value is -3.87. The summed E-state index contributed by atoms with van der Waals surface area (Å²) in [6.07, 6.45) is 0. The highest BCUT2D eigenvalue weighted by atomic mass is 16.6. The van der Waals surface area contributed by atoms with Crippen LogP contribution in [0.2, 0.25) is 0 Å². The third kappa shape index (κ3) is 2.78. The van der Waals surface area contributed by atoms with E-state index in [1.54, 1.807) is 36.4 Å². The fourth-order valence-corrected chi connectivity index (χ4v) is 4.01. The average Bonchev–Trinajstić information content (AvgIpc) is 3.01. The maximum atomic E-state index is 12.7. The summed E-state index contributed by atoms with van der Waals surface area (Å²) in [5, 5.41) is 32.1. The average molecular weight is 405 g/mol. The Morgan fingerprint density at radius 1 is 1.00 bits per heavy atom. The van der Waals surface area contributed by atoms with Crippen LogP contribution in [-0.2, 0) is 10.3 Å². The molecule has 30 heavy (non-hydrogen) atoms. The zero-order chi connectivity index (χ0) is 21.6. The molecule has 0 bridgehead atoms. The predicted molar refractivity (Wildman–Crippen MR) is 109 cm³/mol. The third-order valence-electron chi connectivity index (χ3n) is 5.39. The number of hydrogen-bond donors (Lipinski definition) is 2. The van der Waals surface area contributed by atoms with Gasteiger partial charge in [0.2, 0.25) is 0 Å². The highest BCUT2D eigenvalue weighted by Gasteiger charge is 2.50. The maximum absolute atomic E-state index is 12.7. The van der Waals surface area contributed by atoms with Gasteiger partial charge in [-0.05, 0) is 24.1 Å². The van der Waals surface area contributed by atoms with Crippen molar-refractivity contribution in [3.63, 3.8) is 0 Å². The van der Waals surface area contributed by atoms with Crippen LogP contribution in [0.1, 0.15) is 52.4 Å². The summed E-state index contributed by atoms with van der Waals surface area (Å²) >= 11 is 0. The standard InChI is InChI=1S/C23H19NO6/c1-13(2)16-9-7-14(11-20(16)24(28)29)23(19-10-8-15(25)12-21(19)26)18-6-4-3-5-17(18)22(27)30-23/h3-13,25-26H,1-2H3. The molecule has 0 fully saturated rings. The van der Waals surface area contributed by atoms with Gasteiger partial charge in [0.15, 0.2) is 5.60 Å². The number of esters is 1. The number of cyclic esters (lactones) is 1. The topological polar surface area (TPSA) is 110 Å². The molecule has 152 valence electrons. The van der Waals surface area contributed by atoms with E-state index in [4.69, 9.17) is 4.74 Å². The van der Waals surface area contributed by atoms with Crippen LogP contribution in [0, 0.1) is 10.1 Å². The summed E-state index contributed by atoms with van der Waals surface area (Å²) in [5.41, 5.74) is 0.157. The first-order valence-corrected chi connectivity index (χ1v) is 9.40. The zero-order valence-electron chi connectivity index (χ0n) is 16.3. The second kappa shape index (κ2) is 6.88. The molecule has 1 atom stereocenters. The monoisotopic (exact) mass is 405 g/mol. The number of nitrogens with zero attached hydrogens (tertiary/aromatic N) is 1. The molecule has 7 nitrogen and oxygen atoms in total. The van der Waals surface area contributed by atoms with Crippen LogP contribution in [0.5, 0.6) is 11.5 Å². The van der Waals surface area contributed by atoms with Crippen molar-refractivity contribution in [1.29, 1.82) is 0 Å². The van der Waals surface area contributed by atoms with E-state index in [0.29, 0.717) is 22.3 Å². The lowest BCUT2D eigenvalue weighted by Gasteiger charge is -2.31. The molecule has 1 aliphatic rings. The first kappa shape index (κ1) is 19.4. The molecule has 1 heterocycles. The summed E-state index contributed by atoms with van der Waals surface area (Å²) in [5.74, 6) is -1.15. The van der Waals surface area contributed by atoms with Crippen molar-refractivity contribution in [1.82, 2.24) is 0 Å². The molecule has 2 N–H and O–H groups in total. The van der Waals surface area contributed by atoms with Gasteiger partial charge in [-0.15, -0.1) is 0 Å². The van der Waals surface area contributed by atoms with Crippen molar-refractivity contribution in [3.05, 3.63) is 98.6 Å². The molecule has 1 unspecified atom stereocenters. The highest BCUT2D eigenvalue weighted by molar-refractivity contribution is 5.96. The molecule has 0 aliphatic carbocycles. The Balaban J connectivity index is 2.08. The fraction of sp³-hybridized carbons (Fsp3) is 0.174. The Morgan fingerprint density at radius 2 is 1.73 bits per heavy atom. The first-order valence-electron chi connectivity index (χ1n) is 9.40. The molecule has 1 aliphatic heterocycles. The van der Waals surface area contributed by atoms with Gasteiger partial charge in [-0.25, -0.2) is 4.79 Å². The van der Waals surface area contributed by atoms with Gasteiger partial charge in [0.1, 0.15) is 11.5 Å². The maximum Gasteiger partial charge on any atom is 0.340 e. The summed E-state index contributed by atoms with van der Waals surface area (Å²) in [6.45, 7) is 3.71. The summed E-state index contributed by atoms with van der Waals surface area (Å²) in [6, 6.07) is 15.4. The van der Waals surface area contributed by atoms with E-state index in [0.717, 1.165) is 6.07 Å². The number of carbonyl (C=O) groups is 1. The van der Waals surface area contributed by atoms with Crippen LogP contribution in [0.25, 0.3) is 0 Å². The lowest BCUT2D eigenvalue weighted by Crippen LogP contribution is -2.30. The number of carbonyl (C=O) groups excluding carboxylic acids is 1. The van der Waals surface area contributed by atoms with Crippen LogP contribution >= 0.6 is 0 Å². The van der Waals surface area contributed by atoms with Gasteiger partial charge in [0, 0.05) is 34.4 Å². The highest BCUT2D eigenvalue weighted by Crippen LogP contribution is 2.51. The first-order chi connectivity index (χ1) is 14.3. The minimum atomic E-state index is -1.59. The van der Waals surface area contributed by atoms with E-state index in [-0.39, 0.29) is 28.7 Å². The molecule has 3 aromatic carbocycles. The second-order valence-corrected chi connectivity index (χ2v) is 7.50. The van der Waals surface area contributed by atoms with E-state index in [1.807, 2.05) is 13.8 Å². The molecule has 0 radical (unpaired) electrons. The van der Waals surface area contributed by atoms with Gasteiger partial charge in [-0.3, -0.25) is 10.1 Å². The van der Waals surface area contributed by atoms with Crippen LogP contribution in [0.4, 0.5) is 5.69 Å². The molecule has 3 aromatic rings. The molecular weight excluding hydrogens is 386 g/mol. The quantitative estimate of drug-likeness (QED) is 0.373. The molecule has 0 aromatic heterocycles. The van der Waals surface area contributed by atoms with Gasteiger partial charge in [-0.1, -0.05) is 44.2 Å². The summed E-state index contributed by atoms with van der Waals surface area (Å²) in [7, 11) is 0. The Kier molecular flexibility index (Phi) is 4.46. The SMILES string of the molecule is CC(C)c1ccc(C2(c3ccc(O)cc3O)OC(=O)c3ccccc32)cc1[N+](=O)[O-]. The van der Waals surface area contributed by atoms with Crippen molar-refractivity contribution in [2.45, 2.75) is 25.4 Å². The number of nitro benzene ring substituents is 1. The predicted octanol–water partition coefficient (Wildman–Crippen LogP) is 4.59. The van der Waals surface area contributed by atoms with Crippen molar-refractivity contribution in [3.8, 4) is 11.5 Å². The van der Waals surface area contributed by atoms with Gasteiger partial charge in [0.05, 0.1) is 10.5 Å². The molecule has 0 amide bonds. The number of fused-ring (bicyclic) bond motifs is 1. The van der Waals surface area contributed by atoms with Crippen molar-refractivity contribution >= 4 is 11.7 Å². The molecule has 0 saturated carbocycles. The number of nitro groups is 1. The zero-order valence-corrected chi connectivity index (χ0v) is 16.3. The van der Waals surface area contributed by atoms with Crippen LogP contribution in [0.3, 0.4) is 0 Å². The van der Waals surface area contributed by atoms with E-state index in [9.17, 15) is 25.1 Å². The van der Waals surface area contributed by atoms with Crippen molar-refractivity contribution in [2.24, 2.45) is 0 Å². The lowest BCUT2D eigenvalue weighted by atomic mass is 9.78. The van der Waals surface area contributed by atoms with Crippen molar-refractivity contribution in [2.75, 3.05) is 0 Å². The minimum absolute atomic E-state index is 0.0871. The minimum Gasteiger partial charge on any atom is -0.508 e. The normalized spacial score (nSPS) is 17.6. The third-order valence-corrected chi connectivity index (χ3v) is 5.39. The molecule has 4 rings (SSSR count). The smallest absolute Gasteiger partial charge is 0.340 e. The van der Waals surface area contributed by atoms with Crippen LogP contribution < -0.4 is 0 Å². The molecule has 0 saturated heterocycles. The van der Waals surface area contributed by atoms with Gasteiger partial charge in [-0.2, -0.15) is 0 Å². The van der Waals surface area contributed by atoms with Gasteiger partial charge < -0.3 is 14.9 Å². The molecular formula is C23H19NO6. The van der Waals surface area contributed by atoms with Crippen LogP contribution in [0.15, 0.2) is 60.7 Å². The number of benzene rings is 3. The Bertz CT molecular complexity index is 1190. The molecule has 0 spiro atoms. The number of phenolic OH excluding ortho intramolecular Hbond substituents is 2. The molecule has 7 heteroatoms.